The molecule has 0 unspecified atom stereocenters. The summed E-state index contributed by atoms with van der Waals surface area (Å²) in [4.78, 5) is 16.5. The van der Waals surface area contributed by atoms with Gasteiger partial charge in [0.2, 0.25) is 5.91 Å². The lowest BCUT2D eigenvalue weighted by atomic mass is 10.1. The van der Waals surface area contributed by atoms with E-state index in [-0.39, 0.29) is 5.91 Å². The minimum Gasteiger partial charge on any atom is -0.319 e. The normalized spacial score (nSPS) is 13.2. The predicted molar refractivity (Wildman–Crippen MR) is 110 cm³/mol. The molecule has 0 bridgehead atoms. The molecule has 1 aliphatic heterocycles. The van der Waals surface area contributed by atoms with E-state index in [1.54, 1.807) is 11.8 Å². The Labute approximate surface area is 156 Å². The zero-order valence-electron chi connectivity index (χ0n) is 13.0. The first-order valence-electron chi connectivity index (χ1n) is 7.02. The Morgan fingerprint density at radius 1 is 1.33 bits per heavy atom. The molecule has 3 rings (SSSR count). The molecule has 125 valence electrons. The molecule has 9 heteroatoms. The number of benzene rings is 1. The fourth-order valence-electron chi connectivity index (χ4n) is 1.84. The van der Waals surface area contributed by atoms with Gasteiger partial charge in [0.1, 0.15) is 4.32 Å². The van der Waals surface area contributed by atoms with Gasteiger partial charge in [-0.1, -0.05) is 53.4 Å². The third-order valence-corrected chi connectivity index (χ3v) is 6.39. The minimum absolute atomic E-state index is 0.0719. The average Bonchev–Trinajstić information content (AvgIpc) is 3.23. The number of thioether (sulfide) groups is 2. The van der Waals surface area contributed by atoms with Crippen LogP contribution in [0, 0.1) is 6.92 Å². The van der Waals surface area contributed by atoms with E-state index < -0.39 is 0 Å². The molecule has 1 aromatic carbocycles. The van der Waals surface area contributed by atoms with E-state index >= 15 is 0 Å². The zero-order chi connectivity index (χ0) is 16.9. The molecule has 2 aromatic rings. The van der Waals surface area contributed by atoms with Crippen molar-refractivity contribution >= 4 is 66.9 Å². The number of thiazole rings is 1. The van der Waals surface area contributed by atoms with Gasteiger partial charge in [0, 0.05) is 10.9 Å². The van der Waals surface area contributed by atoms with Crippen molar-refractivity contribution in [1.29, 1.82) is 0 Å². The van der Waals surface area contributed by atoms with Gasteiger partial charge in [-0.15, -0.1) is 11.3 Å². The molecule has 1 aromatic heterocycles. The van der Waals surface area contributed by atoms with Gasteiger partial charge < -0.3 is 10.6 Å². The van der Waals surface area contributed by atoms with E-state index in [0.29, 0.717) is 10.9 Å². The van der Waals surface area contributed by atoms with Crippen molar-refractivity contribution in [3.05, 3.63) is 35.2 Å². The monoisotopic (exact) mass is 395 g/mol. The number of aryl methyl sites for hydroxylation is 1. The average molecular weight is 396 g/mol. The Bertz CT molecular complexity index is 798. The topological polar surface area (TPSA) is 66.4 Å². The fourth-order valence-corrected chi connectivity index (χ4v) is 4.68. The number of aromatic nitrogens is 1. The Morgan fingerprint density at radius 2 is 2.12 bits per heavy atom. The van der Waals surface area contributed by atoms with Crippen LogP contribution < -0.4 is 10.6 Å². The lowest BCUT2D eigenvalue weighted by Crippen LogP contribution is -2.23. The predicted octanol–water partition coefficient (Wildman–Crippen LogP) is 3.85. The van der Waals surface area contributed by atoms with Crippen LogP contribution in [0.5, 0.6) is 0 Å². The van der Waals surface area contributed by atoms with Gasteiger partial charge in [0.25, 0.3) is 0 Å². The second kappa shape index (κ2) is 8.11. The third-order valence-electron chi connectivity index (χ3n) is 3.05. The number of hydrogen-bond acceptors (Lipinski definition) is 7. The highest BCUT2D eigenvalue weighted by Gasteiger charge is 2.13. The van der Waals surface area contributed by atoms with E-state index in [1.807, 2.05) is 23.8 Å². The quantitative estimate of drug-likeness (QED) is 0.608. The summed E-state index contributed by atoms with van der Waals surface area (Å²) in [6, 6.07) is 8.18. The highest BCUT2D eigenvalue weighted by molar-refractivity contribution is 8.28. The standard InChI is InChI=1S/C15H15N4OS4/c1-9-3-5-10(6-4-9)11-7-22-13(16-11)17-12(20)8-23-15-18-14(21-2)19-24-15/h3-7H,8H2,1-2H3,(H,18,19)(H,16,17,20). The number of amidine groups is 1. The van der Waals surface area contributed by atoms with Gasteiger partial charge in [-0.25, -0.2) is 4.98 Å². The molecular weight excluding hydrogens is 380 g/mol. The van der Waals surface area contributed by atoms with Crippen LogP contribution >= 0.6 is 46.4 Å². The number of carbonyl (C=O) groups is 1. The fraction of sp³-hybridized carbons (Fsp3) is 0.200. The lowest BCUT2D eigenvalue weighted by Gasteiger charge is -2.03. The van der Waals surface area contributed by atoms with E-state index in [0.717, 1.165) is 20.7 Å². The van der Waals surface area contributed by atoms with Gasteiger partial charge in [0.15, 0.2) is 10.3 Å². The van der Waals surface area contributed by atoms with Gasteiger partial charge in [-0.05, 0) is 24.7 Å². The maximum absolute atomic E-state index is 12.1. The van der Waals surface area contributed by atoms with Crippen molar-refractivity contribution in [3.63, 3.8) is 0 Å². The van der Waals surface area contributed by atoms with Crippen LogP contribution in [0.2, 0.25) is 0 Å². The lowest BCUT2D eigenvalue weighted by molar-refractivity contribution is -0.113. The molecular formula is C15H15N4OS4. The summed E-state index contributed by atoms with van der Waals surface area (Å²) in [5.74, 6) is 0.253. The molecule has 1 amide bonds. The molecule has 2 N–H and O–H groups in total. The van der Waals surface area contributed by atoms with Crippen LogP contribution in [-0.2, 0) is 4.79 Å². The van der Waals surface area contributed by atoms with E-state index in [9.17, 15) is 4.79 Å². The third kappa shape index (κ3) is 4.56. The second-order valence-electron chi connectivity index (χ2n) is 4.85. The van der Waals surface area contributed by atoms with Crippen molar-refractivity contribution in [2.75, 3.05) is 17.3 Å². The SMILES string of the molecule is CSC1=N[S]=C(SCC(=O)Nc2nc(-c3ccc(C)cc3)cs2)N1. The first kappa shape index (κ1) is 17.4. The highest BCUT2D eigenvalue weighted by atomic mass is 32.2. The maximum atomic E-state index is 12.1. The summed E-state index contributed by atoms with van der Waals surface area (Å²) >= 11 is 5.79. The summed E-state index contributed by atoms with van der Waals surface area (Å²) < 4.78 is 5.15. The van der Waals surface area contributed by atoms with Crippen molar-refractivity contribution in [1.82, 2.24) is 10.3 Å². The van der Waals surface area contributed by atoms with Crippen molar-refractivity contribution in [2.45, 2.75) is 6.92 Å². The number of hydrogen-bond donors (Lipinski definition) is 2. The van der Waals surface area contributed by atoms with Crippen molar-refractivity contribution < 1.29 is 4.79 Å². The summed E-state index contributed by atoms with van der Waals surface area (Å²) in [6.45, 7) is 2.05. The number of nitrogens with one attached hydrogen (secondary N) is 2. The molecule has 0 saturated carbocycles. The van der Waals surface area contributed by atoms with Crippen LogP contribution in [0.15, 0.2) is 34.0 Å². The molecule has 5 nitrogen and oxygen atoms in total. The second-order valence-corrected chi connectivity index (χ2v) is 8.52. The van der Waals surface area contributed by atoms with Gasteiger partial charge in [-0.3, -0.25) is 4.79 Å². The van der Waals surface area contributed by atoms with E-state index in [4.69, 9.17) is 0 Å². The van der Waals surface area contributed by atoms with Crippen molar-refractivity contribution in [2.24, 2.45) is 4.40 Å². The van der Waals surface area contributed by atoms with Crippen LogP contribution in [0.4, 0.5) is 5.13 Å². The minimum atomic E-state index is -0.0719. The molecule has 2 heterocycles. The van der Waals surface area contributed by atoms with Gasteiger partial charge in [0.05, 0.1) is 11.4 Å². The first-order chi connectivity index (χ1) is 11.6. The Kier molecular flexibility index (Phi) is 5.88. The van der Waals surface area contributed by atoms with Crippen LogP contribution in [0.3, 0.4) is 0 Å². The molecule has 0 spiro atoms. The Morgan fingerprint density at radius 3 is 2.83 bits per heavy atom. The van der Waals surface area contributed by atoms with Crippen LogP contribution in [-0.4, -0.2) is 32.4 Å². The van der Waals surface area contributed by atoms with Crippen molar-refractivity contribution in [3.8, 4) is 11.3 Å². The van der Waals surface area contributed by atoms with E-state index in [2.05, 4.69) is 39.1 Å². The number of anilines is 1. The Hall–Kier alpha value is -1.42. The zero-order valence-corrected chi connectivity index (χ0v) is 16.3. The molecule has 0 atom stereocenters. The molecule has 0 aliphatic carbocycles. The molecule has 24 heavy (non-hydrogen) atoms. The number of nitrogens with zero attached hydrogens (tertiary/aromatic N) is 2. The summed E-state index contributed by atoms with van der Waals surface area (Å²) in [5, 5.41) is 9.44. The summed E-state index contributed by atoms with van der Waals surface area (Å²) in [7, 11) is 0. The van der Waals surface area contributed by atoms with Gasteiger partial charge >= 0.3 is 0 Å². The van der Waals surface area contributed by atoms with Crippen LogP contribution in [0.1, 0.15) is 5.56 Å². The number of rotatable bonds is 4. The smallest absolute Gasteiger partial charge is 0.236 e. The largest absolute Gasteiger partial charge is 0.319 e. The molecule has 0 fully saturated rings. The Balaban J connectivity index is 1.51. The summed E-state index contributed by atoms with van der Waals surface area (Å²) in [5.41, 5.74) is 3.14. The van der Waals surface area contributed by atoms with E-state index in [1.165, 1.54) is 40.2 Å². The van der Waals surface area contributed by atoms with Crippen LogP contribution in [0.25, 0.3) is 11.3 Å². The maximum Gasteiger partial charge on any atom is 0.236 e. The molecule has 1 aliphatic rings. The first-order valence-corrected chi connectivity index (χ1v) is 10.9. The highest BCUT2D eigenvalue weighted by Crippen LogP contribution is 2.25. The number of amides is 1. The molecule has 1 radical (unpaired) electrons. The molecule has 0 saturated heterocycles. The van der Waals surface area contributed by atoms with Gasteiger partial charge in [-0.2, -0.15) is 4.40 Å². The number of carbonyl (C=O) groups excluding carboxylic acids is 1. The summed E-state index contributed by atoms with van der Waals surface area (Å²) in [6.07, 6.45) is 1.96.